The minimum absolute atomic E-state index is 0.122. The molecule has 1 amide bonds. The number of anilines is 4. The van der Waals surface area contributed by atoms with Gasteiger partial charge in [0, 0.05) is 13.1 Å². The standard InChI is InChI=1S/C24H33N5O2/c1-6-19-23(30)28(4)20-14-25-24(27-22(20)29(19)17-9-7-8-10-17)26-18-12-11-16(15(2)3)13-21(18)31-5/h11-15,17,19H,6-10H2,1-5H3,(H,25,26,27). The van der Waals surface area contributed by atoms with Gasteiger partial charge in [0.1, 0.15) is 17.5 Å². The maximum Gasteiger partial charge on any atom is 0.249 e. The van der Waals surface area contributed by atoms with Gasteiger partial charge >= 0.3 is 0 Å². The van der Waals surface area contributed by atoms with Crippen molar-refractivity contribution in [2.75, 3.05) is 29.3 Å². The molecule has 1 atom stereocenters. The summed E-state index contributed by atoms with van der Waals surface area (Å²) in [5.74, 6) is 2.66. The second-order valence-electron chi connectivity index (χ2n) is 8.81. The van der Waals surface area contributed by atoms with E-state index in [9.17, 15) is 4.79 Å². The maximum atomic E-state index is 13.0. The highest BCUT2D eigenvalue weighted by molar-refractivity contribution is 6.04. The summed E-state index contributed by atoms with van der Waals surface area (Å²) < 4.78 is 5.61. The Labute approximate surface area is 184 Å². The van der Waals surface area contributed by atoms with E-state index in [1.165, 1.54) is 18.4 Å². The van der Waals surface area contributed by atoms with Crippen LogP contribution in [0, 0.1) is 0 Å². The van der Waals surface area contributed by atoms with Crippen LogP contribution in [0.25, 0.3) is 0 Å². The van der Waals surface area contributed by atoms with Crippen LogP contribution in [-0.2, 0) is 4.79 Å². The third-order valence-corrected chi connectivity index (χ3v) is 6.55. The third-order valence-electron chi connectivity index (χ3n) is 6.55. The first kappa shape index (κ1) is 21.4. The molecule has 0 radical (unpaired) electrons. The zero-order valence-electron chi connectivity index (χ0n) is 19.2. The maximum absolute atomic E-state index is 13.0. The predicted octanol–water partition coefficient (Wildman–Crippen LogP) is 4.86. The molecule has 0 bridgehead atoms. The normalized spacial score (nSPS) is 19.2. The number of nitrogens with one attached hydrogen (secondary N) is 1. The molecule has 7 nitrogen and oxygen atoms in total. The van der Waals surface area contributed by atoms with Gasteiger partial charge in [0.15, 0.2) is 5.82 Å². The fraction of sp³-hybridized carbons (Fsp3) is 0.542. The van der Waals surface area contributed by atoms with Gasteiger partial charge in [-0.25, -0.2) is 4.98 Å². The molecule has 2 aliphatic rings. The van der Waals surface area contributed by atoms with Crippen molar-refractivity contribution in [3.63, 3.8) is 0 Å². The number of nitrogens with zero attached hydrogens (tertiary/aromatic N) is 4. The molecule has 1 aliphatic carbocycles. The number of hydrogen-bond donors (Lipinski definition) is 1. The number of benzene rings is 1. The Morgan fingerprint density at radius 1 is 1.26 bits per heavy atom. The number of rotatable bonds is 6. The Balaban J connectivity index is 1.71. The first-order valence-electron chi connectivity index (χ1n) is 11.3. The van der Waals surface area contributed by atoms with Gasteiger partial charge in [-0.15, -0.1) is 0 Å². The smallest absolute Gasteiger partial charge is 0.249 e. The van der Waals surface area contributed by atoms with E-state index in [0.29, 0.717) is 17.9 Å². The van der Waals surface area contributed by atoms with Crippen molar-refractivity contribution in [1.82, 2.24) is 9.97 Å². The third kappa shape index (κ3) is 3.93. The summed E-state index contributed by atoms with van der Waals surface area (Å²) in [4.78, 5) is 26.4. The first-order chi connectivity index (χ1) is 14.9. The lowest BCUT2D eigenvalue weighted by Crippen LogP contribution is -2.55. The SMILES string of the molecule is CCC1C(=O)N(C)c2cnc(Nc3ccc(C(C)C)cc3OC)nc2N1C1CCCC1. The highest BCUT2D eigenvalue weighted by Crippen LogP contribution is 2.40. The number of carbonyl (C=O) groups is 1. The Hall–Kier alpha value is -2.83. The molecule has 1 aliphatic heterocycles. The minimum Gasteiger partial charge on any atom is -0.495 e. The number of likely N-dealkylation sites (N-methyl/N-ethyl adjacent to an activating group) is 1. The molecule has 31 heavy (non-hydrogen) atoms. The van der Waals surface area contributed by atoms with Crippen molar-refractivity contribution in [2.24, 2.45) is 0 Å². The molecule has 0 saturated heterocycles. The molecule has 1 aromatic carbocycles. The van der Waals surface area contributed by atoms with E-state index < -0.39 is 0 Å². The van der Waals surface area contributed by atoms with Crippen molar-refractivity contribution in [1.29, 1.82) is 0 Å². The summed E-state index contributed by atoms with van der Waals surface area (Å²) in [5, 5.41) is 3.33. The average Bonchev–Trinajstić information content (AvgIpc) is 3.30. The minimum atomic E-state index is -0.178. The van der Waals surface area contributed by atoms with Crippen LogP contribution in [0.15, 0.2) is 24.4 Å². The molecule has 1 saturated carbocycles. The van der Waals surface area contributed by atoms with Gasteiger partial charge < -0.3 is 19.9 Å². The van der Waals surface area contributed by atoms with Crippen LogP contribution in [0.2, 0.25) is 0 Å². The van der Waals surface area contributed by atoms with E-state index in [4.69, 9.17) is 9.72 Å². The van der Waals surface area contributed by atoms with Gasteiger partial charge in [-0.1, -0.05) is 39.7 Å². The molecule has 1 aromatic heterocycles. The second-order valence-corrected chi connectivity index (χ2v) is 8.81. The fourth-order valence-corrected chi connectivity index (χ4v) is 4.73. The number of ether oxygens (including phenoxy) is 1. The lowest BCUT2D eigenvalue weighted by molar-refractivity contribution is -0.120. The van der Waals surface area contributed by atoms with Gasteiger partial charge in [-0.2, -0.15) is 4.98 Å². The monoisotopic (exact) mass is 423 g/mol. The van der Waals surface area contributed by atoms with E-state index in [0.717, 1.165) is 42.2 Å². The summed E-state index contributed by atoms with van der Waals surface area (Å²) in [6.45, 7) is 6.40. The molecular formula is C24H33N5O2. The summed E-state index contributed by atoms with van der Waals surface area (Å²) >= 11 is 0. The summed E-state index contributed by atoms with van der Waals surface area (Å²) in [6.07, 6.45) is 7.12. The molecule has 0 spiro atoms. The van der Waals surface area contributed by atoms with Gasteiger partial charge in [0.25, 0.3) is 0 Å². The molecular weight excluding hydrogens is 390 g/mol. The zero-order valence-corrected chi connectivity index (χ0v) is 19.2. The lowest BCUT2D eigenvalue weighted by Gasteiger charge is -2.43. The van der Waals surface area contributed by atoms with Crippen molar-refractivity contribution in [3.8, 4) is 5.75 Å². The van der Waals surface area contributed by atoms with Crippen LogP contribution >= 0.6 is 0 Å². The highest BCUT2D eigenvalue weighted by atomic mass is 16.5. The van der Waals surface area contributed by atoms with Gasteiger partial charge in [-0.05, 0) is 42.9 Å². The fourth-order valence-electron chi connectivity index (χ4n) is 4.73. The zero-order chi connectivity index (χ0) is 22.1. The van der Waals surface area contributed by atoms with E-state index in [-0.39, 0.29) is 11.9 Å². The molecule has 1 N–H and O–H groups in total. The van der Waals surface area contributed by atoms with E-state index in [1.54, 1.807) is 18.2 Å². The second kappa shape index (κ2) is 8.73. The van der Waals surface area contributed by atoms with Crippen molar-refractivity contribution in [3.05, 3.63) is 30.0 Å². The molecule has 2 aromatic rings. The predicted molar refractivity (Wildman–Crippen MR) is 125 cm³/mol. The quantitative estimate of drug-likeness (QED) is 0.716. The number of amides is 1. The number of fused-ring (bicyclic) bond motifs is 1. The Morgan fingerprint density at radius 2 is 2.00 bits per heavy atom. The van der Waals surface area contributed by atoms with E-state index in [1.807, 2.05) is 13.1 Å². The summed E-state index contributed by atoms with van der Waals surface area (Å²) in [6, 6.07) is 6.33. The van der Waals surface area contributed by atoms with Crippen LogP contribution in [0.4, 0.5) is 23.1 Å². The highest BCUT2D eigenvalue weighted by Gasteiger charge is 2.41. The molecule has 4 rings (SSSR count). The Kier molecular flexibility index (Phi) is 6.03. The first-order valence-corrected chi connectivity index (χ1v) is 11.3. The Bertz CT molecular complexity index is 955. The molecule has 1 fully saturated rings. The summed E-state index contributed by atoms with van der Waals surface area (Å²) in [5.41, 5.74) is 2.81. The number of methoxy groups -OCH3 is 1. The Morgan fingerprint density at radius 3 is 2.65 bits per heavy atom. The van der Waals surface area contributed by atoms with Crippen LogP contribution in [0.5, 0.6) is 5.75 Å². The van der Waals surface area contributed by atoms with Crippen LogP contribution < -0.4 is 19.9 Å². The average molecular weight is 424 g/mol. The largest absolute Gasteiger partial charge is 0.495 e. The lowest BCUT2D eigenvalue weighted by atomic mass is 10.0. The molecule has 2 heterocycles. The van der Waals surface area contributed by atoms with Crippen LogP contribution in [0.3, 0.4) is 0 Å². The number of hydrogen-bond acceptors (Lipinski definition) is 6. The number of aromatic nitrogens is 2. The number of carbonyl (C=O) groups excluding carboxylic acids is 1. The van der Waals surface area contributed by atoms with Gasteiger partial charge in [0.2, 0.25) is 11.9 Å². The summed E-state index contributed by atoms with van der Waals surface area (Å²) in [7, 11) is 3.49. The van der Waals surface area contributed by atoms with Crippen molar-refractivity contribution >= 4 is 29.0 Å². The van der Waals surface area contributed by atoms with Crippen molar-refractivity contribution < 1.29 is 9.53 Å². The van der Waals surface area contributed by atoms with Crippen LogP contribution in [0.1, 0.15) is 64.4 Å². The molecule has 1 unspecified atom stereocenters. The van der Waals surface area contributed by atoms with E-state index >= 15 is 0 Å². The van der Waals surface area contributed by atoms with E-state index in [2.05, 4.69) is 48.1 Å². The van der Waals surface area contributed by atoms with Gasteiger partial charge in [-0.3, -0.25) is 4.79 Å². The van der Waals surface area contributed by atoms with Gasteiger partial charge in [0.05, 0.1) is 19.0 Å². The van der Waals surface area contributed by atoms with Crippen LogP contribution in [-0.4, -0.2) is 42.1 Å². The topological polar surface area (TPSA) is 70.6 Å². The van der Waals surface area contributed by atoms with Crippen molar-refractivity contribution in [2.45, 2.75) is 70.9 Å². The molecule has 166 valence electrons. The molecule has 7 heteroatoms.